The van der Waals surface area contributed by atoms with Gasteiger partial charge < -0.3 is 19.8 Å². The highest BCUT2D eigenvalue weighted by Gasteiger charge is 2.37. The highest BCUT2D eigenvalue weighted by molar-refractivity contribution is 5.79. The second-order valence-electron chi connectivity index (χ2n) is 4.44. The van der Waals surface area contributed by atoms with Crippen molar-refractivity contribution < 1.29 is 22.6 Å². The quantitative estimate of drug-likeness (QED) is 0.657. The van der Waals surface area contributed by atoms with Gasteiger partial charge in [-0.3, -0.25) is 0 Å². The molecule has 1 heterocycles. The van der Waals surface area contributed by atoms with Gasteiger partial charge in [-0.2, -0.15) is 13.2 Å². The highest BCUT2D eigenvalue weighted by Crippen LogP contribution is 2.31. The van der Waals surface area contributed by atoms with Crippen LogP contribution in [-0.4, -0.2) is 36.5 Å². The molecule has 0 atom stereocenters. The van der Waals surface area contributed by atoms with Gasteiger partial charge in [0.05, 0.1) is 30.9 Å². The maximum absolute atomic E-state index is 13.0. The van der Waals surface area contributed by atoms with Crippen molar-refractivity contribution in [3.8, 4) is 0 Å². The van der Waals surface area contributed by atoms with Crippen LogP contribution in [0.3, 0.4) is 0 Å². The Kier molecular flexibility index (Phi) is 4.69. The van der Waals surface area contributed by atoms with E-state index in [1.807, 2.05) is 0 Å². The lowest BCUT2D eigenvalue weighted by molar-refractivity contribution is -0.147. The molecule has 0 spiro atoms. The van der Waals surface area contributed by atoms with E-state index in [0.29, 0.717) is 24.4 Å². The fraction of sp³-hybridized carbons (Fsp3) is 0.462. The van der Waals surface area contributed by atoms with Crippen molar-refractivity contribution in [3.63, 3.8) is 0 Å². The number of nitrogens with zero attached hydrogens (tertiary/aromatic N) is 2. The third-order valence-electron chi connectivity index (χ3n) is 2.92. The van der Waals surface area contributed by atoms with Gasteiger partial charge in [-0.25, -0.2) is 4.98 Å². The molecular formula is C13H16F3N3O2. The summed E-state index contributed by atoms with van der Waals surface area (Å²) in [7, 11) is 1.53. The number of fused-ring (bicyclic) bond motifs is 1. The first kappa shape index (κ1) is 15.6. The summed E-state index contributed by atoms with van der Waals surface area (Å²) >= 11 is 0. The topological polar surface area (TPSA) is 62.3 Å². The molecule has 0 aliphatic heterocycles. The molecule has 0 unspecified atom stereocenters. The second kappa shape index (κ2) is 6.31. The number of methoxy groups -OCH3 is 1. The van der Waals surface area contributed by atoms with E-state index < -0.39 is 12.0 Å². The van der Waals surface area contributed by atoms with Crippen LogP contribution in [0.2, 0.25) is 0 Å². The lowest BCUT2D eigenvalue weighted by Crippen LogP contribution is -2.18. The summed E-state index contributed by atoms with van der Waals surface area (Å²) in [6, 6.07) is 4.50. The predicted molar refractivity (Wildman–Crippen MR) is 71.8 cm³/mol. The Hall–Kier alpha value is -1.80. The average molecular weight is 303 g/mol. The summed E-state index contributed by atoms with van der Waals surface area (Å²) in [6.45, 7) is 0.923. The van der Waals surface area contributed by atoms with Gasteiger partial charge in [0.2, 0.25) is 5.82 Å². The molecule has 21 heavy (non-hydrogen) atoms. The number of benzene rings is 1. The zero-order valence-electron chi connectivity index (χ0n) is 11.5. The van der Waals surface area contributed by atoms with Crippen LogP contribution in [0.25, 0.3) is 11.0 Å². The predicted octanol–water partition coefficient (Wildman–Crippen LogP) is 2.30. The van der Waals surface area contributed by atoms with E-state index in [0.717, 1.165) is 4.57 Å². The largest absolute Gasteiger partial charge is 0.449 e. The number of aromatic nitrogens is 2. The number of alkyl halides is 3. The summed E-state index contributed by atoms with van der Waals surface area (Å²) in [6.07, 6.45) is -4.53. The summed E-state index contributed by atoms with van der Waals surface area (Å²) in [5.74, 6) is -0.946. The molecule has 0 fully saturated rings. The first-order chi connectivity index (χ1) is 9.93. The Labute approximate surface area is 119 Å². The molecule has 0 amide bonds. The van der Waals surface area contributed by atoms with Crippen LogP contribution >= 0.6 is 0 Å². The molecular weight excluding hydrogens is 287 g/mol. The summed E-state index contributed by atoms with van der Waals surface area (Å²) in [4.78, 5) is 3.64. The van der Waals surface area contributed by atoms with Crippen molar-refractivity contribution in [2.75, 3.05) is 32.7 Å². The number of imidazole rings is 1. The number of halogens is 3. The van der Waals surface area contributed by atoms with Crippen molar-refractivity contribution >= 4 is 16.7 Å². The van der Waals surface area contributed by atoms with Crippen molar-refractivity contribution in [1.29, 1.82) is 0 Å². The van der Waals surface area contributed by atoms with Crippen LogP contribution < -0.4 is 5.73 Å². The SMILES string of the molecule is COCCOCCn1c(C(F)(F)F)nc2cc(N)ccc21. The summed E-state index contributed by atoms with van der Waals surface area (Å²) in [5, 5.41) is 0. The van der Waals surface area contributed by atoms with Crippen LogP contribution in [0, 0.1) is 0 Å². The van der Waals surface area contributed by atoms with Gasteiger partial charge in [0.1, 0.15) is 0 Å². The number of nitrogens with two attached hydrogens (primary N) is 1. The minimum Gasteiger partial charge on any atom is -0.399 e. The Morgan fingerprint density at radius 1 is 1.24 bits per heavy atom. The van der Waals surface area contributed by atoms with Gasteiger partial charge in [-0.05, 0) is 18.2 Å². The van der Waals surface area contributed by atoms with Gasteiger partial charge in [-0.1, -0.05) is 0 Å². The maximum Gasteiger partial charge on any atom is 0.449 e. The number of ether oxygens (including phenoxy) is 2. The van der Waals surface area contributed by atoms with Crippen LogP contribution in [0.5, 0.6) is 0 Å². The van der Waals surface area contributed by atoms with Crippen molar-refractivity contribution in [1.82, 2.24) is 9.55 Å². The maximum atomic E-state index is 13.0. The minimum atomic E-state index is -4.53. The lowest BCUT2D eigenvalue weighted by Gasteiger charge is -2.11. The Balaban J connectivity index is 2.26. The standard InChI is InChI=1S/C13H16F3N3O2/c1-20-6-7-21-5-4-19-11-3-2-9(17)8-10(11)18-12(19)13(14,15)16/h2-3,8H,4-7,17H2,1H3. The Morgan fingerprint density at radius 2 is 2.00 bits per heavy atom. The van der Waals surface area contributed by atoms with Crippen LogP contribution in [0.15, 0.2) is 18.2 Å². The Bertz CT molecular complexity index is 610. The zero-order valence-corrected chi connectivity index (χ0v) is 11.5. The third kappa shape index (κ3) is 3.64. The summed E-state index contributed by atoms with van der Waals surface area (Å²) < 4.78 is 50.2. The molecule has 1 aromatic carbocycles. The van der Waals surface area contributed by atoms with E-state index in [1.165, 1.54) is 19.2 Å². The molecule has 0 saturated heterocycles. The molecule has 2 rings (SSSR count). The highest BCUT2D eigenvalue weighted by atomic mass is 19.4. The Morgan fingerprint density at radius 3 is 2.67 bits per heavy atom. The molecule has 0 saturated carbocycles. The van der Waals surface area contributed by atoms with Gasteiger partial charge >= 0.3 is 6.18 Å². The molecule has 8 heteroatoms. The molecule has 0 radical (unpaired) electrons. The normalized spacial score (nSPS) is 12.2. The molecule has 2 N–H and O–H groups in total. The van der Waals surface area contributed by atoms with Crippen molar-refractivity contribution in [2.45, 2.75) is 12.7 Å². The molecule has 2 aromatic rings. The molecule has 0 aliphatic rings. The molecule has 1 aromatic heterocycles. The monoisotopic (exact) mass is 303 g/mol. The van der Waals surface area contributed by atoms with Gasteiger partial charge in [0, 0.05) is 19.3 Å². The minimum absolute atomic E-state index is 0.0545. The number of nitrogen functional groups attached to an aromatic ring is 1. The lowest BCUT2D eigenvalue weighted by atomic mass is 10.3. The van der Waals surface area contributed by atoms with Crippen LogP contribution in [-0.2, 0) is 22.2 Å². The van der Waals surface area contributed by atoms with Crippen molar-refractivity contribution in [2.24, 2.45) is 0 Å². The first-order valence-corrected chi connectivity index (χ1v) is 6.33. The second-order valence-corrected chi connectivity index (χ2v) is 4.44. The number of hydrogen-bond donors (Lipinski definition) is 1. The molecule has 116 valence electrons. The van der Waals surface area contributed by atoms with Crippen molar-refractivity contribution in [3.05, 3.63) is 24.0 Å². The fourth-order valence-corrected chi connectivity index (χ4v) is 1.99. The van der Waals surface area contributed by atoms with E-state index in [2.05, 4.69) is 4.98 Å². The van der Waals surface area contributed by atoms with E-state index in [1.54, 1.807) is 6.07 Å². The molecule has 0 bridgehead atoms. The van der Waals surface area contributed by atoms with E-state index >= 15 is 0 Å². The zero-order chi connectivity index (χ0) is 15.5. The van der Waals surface area contributed by atoms with Gasteiger partial charge in [0.25, 0.3) is 0 Å². The van der Waals surface area contributed by atoms with Crippen LogP contribution in [0.4, 0.5) is 18.9 Å². The van der Waals surface area contributed by atoms with Crippen LogP contribution in [0.1, 0.15) is 5.82 Å². The van der Waals surface area contributed by atoms with E-state index in [-0.39, 0.29) is 18.7 Å². The van der Waals surface area contributed by atoms with E-state index in [4.69, 9.17) is 15.2 Å². The van der Waals surface area contributed by atoms with Gasteiger partial charge in [0.15, 0.2) is 0 Å². The number of hydrogen-bond acceptors (Lipinski definition) is 4. The van der Waals surface area contributed by atoms with E-state index in [9.17, 15) is 13.2 Å². The molecule has 5 nitrogen and oxygen atoms in total. The number of anilines is 1. The number of rotatable bonds is 6. The smallest absolute Gasteiger partial charge is 0.399 e. The van der Waals surface area contributed by atoms with Gasteiger partial charge in [-0.15, -0.1) is 0 Å². The summed E-state index contributed by atoms with van der Waals surface area (Å²) in [5.41, 5.74) is 6.55. The third-order valence-corrected chi connectivity index (χ3v) is 2.92. The molecule has 0 aliphatic carbocycles. The fourth-order valence-electron chi connectivity index (χ4n) is 1.99. The first-order valence-electron chi connectivity index (χ1n) is 6.33. The average Bonchev–Trinajstić information content (AvgIpc) is 2.76.